The highest BCUT2D eigenvalue weighted by Crippen LogP contribution is 2.15. The summed E-state index contributed by atoms with van der Waals surface area (Å²) in [5.74, 6) is 0. The third kappa shape index (κ3) is 3.89. The average Bonchev–Trinajstić information content (AvgIpc) is 2.38. The number of hydrogen-bond donors (Lipinski definition) is 0. The van der Waals surface area contributed by atoms with Crippen molar-refractivity contribution in [3.8, 4) is 0 Å². The first kappa shape index (κ1) is 13.7. The van der Waals surface area contributed by atoms with Crippen LogP contribution in [0.3, 0.4) is 0 Å². The van der Waals surface area contributed by atoms with Crippen LogP contribution in [0, 0.1) is 0 Å². The zero-order valence-electron chi connectivity index (χ0n) is 9.99. The predicted octanol–water partition coefficient (Wildman–Crippen LogP) is 3.76. The van der Waals surface area contributed by atoms with Crippen molar-refractivity contribution in [2.24, 2.45) is 0 Å². The highest BCUT2D eigenvalue weighted by atomic mass is 79.9. The second-order valence-electron chi connectivity index (χ2n) is 4.06. The molecule has 0 aromatic heterocycles. The van der Waals surface area contributed by atoms with Crippen molar-refractivity contribution >= 4 is 31.9 Å². The number of halogens is 2. The summed E-state index contributed by atoms with van der Waals surface area (Å²) in [7, 11) is 0. The Morgan fingerprint density at radius 2 is 1.22 bits per heavy atom. The molecule has 2 aliphatic heterocycles. The number of rotatable bonds is 4. The van der Waals surface area contributed by atoms with Gasteiger partial charge >= 0.3 is 0 Å². The van der Waals surface area contributed by atoms with Crippen LogP contribution in [-0.2, 0) is 0 Å². The van der Waals surface area contributed by atoms with Gasteiger partial charge in [0, 0.05) is 25.5 Å². The summed E-state index contributed by atoms with van der Waals surface area (Å²) < 4.78 is 0. The van der Waals surface area contributed by atoms with E-state index in [2.05, 4.69) is 103 Å². The standard InChI is InChI=1S/C14H16Br2N2/c15-13-7-1-3-9-17(13)11-5-6-12-18-10-4-2-8-14(18)16/h1-10,13-14H,11-12H2/b6-5-/t13-,14+. The quantitative estimate of drug-likeness (QED) is 0.421. The predicted molar refractivity (Wildman–Crippen MR) is 84.5 cm³/mol. The van der Waals surface area contributed by atoms with Crippen LogP contribution in [0.4, 0.5) is 0 Å². The first-order valence-electron chi connectivity index (χ1n) is 5.92. The molecule has 0 aliphatic carbocycles. The molecule has 0 bridgehead atoms. The monoisotopic (exact) mass is 370 g/mol. The third-order valence-electron chi connectivity index (χ3n) is 2.75. The Kier molecular flexibility index (Phi) is 5.32. The van der Waals surface area contributed by atoms with Crippen LogP contribution in [-0.4, -0.2) is 32.8 Å². The molecule has 0 N–H and O–H groups in total. The van der Waals surface area contributed by atoms with Gasteiger partial charge in [0.15, 0.2) is 0 Å². The molecule has 0 saturated carbocycles. The minimum Gasteiger partial charge on any atom is -0.358 e. The van der Waals surface area contributed by atoms with Crippen LogP contribution in [0.25, 0.3) is 0 Å². The summed E-state index contributed by atoms with van der Waals surface area (Å²) in [5.41, 5.74) is 0. The molecule has 0 unspecified atom stereocenters. The fourth-order valence-corrected chi connectivity index (χ4v) is 2.69. The summed E-state index contributed by atoms with van der Waals surface area (Å²) in [4.78, 5) is 5.06. The van der Waals surface area contributed by atoms with Crippen molar-refractivity contribution in [3.05, 3.63) is 61.0 Å². The molecule has 0 radical (unpaired) electrons. The minimum absolute atomic E-state index is 0.300. The second kappa shape index (κ2) is 7.00. The van der Waals surface area contributed by atoms with E-state index in [1.165, 1.54) is 0 Å². The van der Waals surface area contributed by atoms with Gasteiger partial charge in [-0.25, -0.2) is 0 Å². The molecular weight excluding hydrogens is 356 g/mol. The highest BCUT2D eigenvalue weighted by molar-refractivity contribution is 9.09. The molecule has 4 heteroatoms. The normalized spacial score (nSPS) is 26.6. The van der Waals surface area contributed by atoms with Crippen molar-refractivity contribution in [1.29, 1.82) is 0 Å². The van der Waals surface area contributed by atoms with Crippen molar-refractivity contribution in [2.45, 2.75) is 9.90 Å². The topological polar surface area (TPSA) is 6.48 Å². The second-order valence-corrected chi connectivity index (χ2v) is 5.94. The zero-order valence-corrected chi connectivity index (χ0v) is 13.2. The molecule has 2 atom stereocenters. The molecule has 0 aromatic carbocycles. The van der Waals surface area contributed by atoms with Gasteiger partial charge in [-0.1, -0.05) is 68.3 Å². The van der Waals surface area contributed by atoms with Crippen LogP contribution >= 0.6 is 31.9 Å². The molecule has 2 rings (SSSR count). The molecule has 2 nitrogen and oxygen atoms in total. The lowest BCUT2D eigenvalue weighted by Crippen LogP contribution is -2.27. The number of allylic oxidation sites excluding steroid dienone is 4. The molecule has 0 saturated heterocycles. The Balaban J connectivity index is 1.75. The summed E-state index contributed by atoms with van der Waals surface area (Å²) in [6, 6.07) is 0. The van der Waals surface area contributed by atoms with E-state index in [4.69, 9.17) is 0 Å². The fourth-order valence-electron chi connectivity index (χ4n) is 1.73. The lowest BCUT2D eigenvalue weighted by molar-refractivity contribution is 0.424. The third-order valence-corrected chi connectivity index (χ3v) is 4.41. The average molecular weight is 372 g/mol. The van der Waals surface area contributed by atoms with E-state index in [9.17, 15) is 0 Å². The lowest BCUT2D eigenvalue weighted by Gasteiger charge is -2.26. The largest absolute Gasteiger partial charge is 0.358 e. The Morgan fingerprint density at radius 3 is 1.61 bits per heavy atom. The Bertz CT molecular complexity index is 372. The van der Waals surface area contributed by atoms with Crippen LogP contribution in [0.1, 0.15) is 0 Å². The van der Waals surface area contributed by atoms with Crippen LogP contribution < -0.4 is 0 Å². The fraction of sp³-hybridized carbons (Fsp3) is 0.286. The van der Waals surface area contributed by atoms with Gasteiger partial charge in [-0.15, -0.1) is 0 Å². The van der Waals surface area contributed by atoms with E-state index in [-0.39, 0.29) is 0 Å². The Hall–Kier alpha value is -0.740. The molecule has 2 heterocycles. The molecular formula is C14H16Br2N2. The number of hydrogen-bond acceptors (Lipinski definition) is 2. The summed E-state index contributed by atoms with van der Waals surface area (Å²) in [5, 5.41) is 0. The van der Waals surface area contributed by atoms with Gasteiger partial charge in [-0.3, -0.25) is 0 Å². The van der Waals surface area contributed by atoms with E-state index >= 15 is 0 Å². The number of nitrogens with zero attached hydrogens (tertiary/aromatic N) is 2. The SMILES string of the molecule is Br[C@@H]1C=CC=CN1C/C=C\CN1C=CC=C[C@@H]1Br. The summed E-state index contributed by atoms with van der Waals surface area (Å²) >= 11 is 7.22. The van der Waals surface area contributed by atoms with Crippen LogP contribution in [0.5, 0.6) is 0 Å². The maximum Gasteiger partial charge on any atom is 0.103 e. The van der Waals surface area contributed by atoms with Crippen molar-refractivity contribution in [2.75, 3.05) is 13.1 Å². The van der Waals surface area contributed by atoms with Gasteiger partial charge in [0.05, 0.1) is 0 Å². The van der Waals surface area contributed by atoms with Gasteiger partial charge in [0.25, 0.3) is 0 Å². The Labute approximate surface area is 125 Å². The maximum atomic E-state index is 3.61. The van der Waals surface area contributed by atoms with Gasteiger partial charge < -0.3 is 9.80 Å². The van der Waals surface area contributed by atoms with E-state index in [1.807, 2.05) is 0 Å². The van der Waals surface area contributed by atoms with Crippen LogP contribution in [0.2, 0.25) is 0 Å². The molecule has 0 aromatic rings. The minimum atomic E-state index is 0.300. The molecule has 0 spiro atoms. The maximum absolute atomic E-state index is 3.61. The lowest BCUT2D eigenvalue weighted by atomic mass is 10.3. The van der Waals surface area contributed by atoms with Gasteiger partial charge in [-0.05, 0) is 12.2 Å². The van der Waals surface area contributed by atoms with Crippen molar-refractivity contribution < 1.29 is 0 Å². The van der Waals surface area contributed by atoms with E-state index in [0.717, 1.165) is 13.1 Å². The highest BCUT2D eigenvalue weighted by Gasteiger charge is 2.09. The van der Waals surface area contributed by atoms with Crippen molar-refractivity contribution in [1.82, 2.24) is 9.80 Å². The molecule has 96 valence electrons. The van der Waals surface area contributed by atoms with E-state index in [0.29, 0.717) is 9.90 Å². The van der Waals surface area contributed by atoms with Gasteiger partial charge in [0.1, 0.15) is 9.90 Å². The molecule has 2 aliphatic rings. The first-order valence-corrected chi connectivity index (χ1v) is 7.75. The van der Waals surface area contributed by atoms with Crippen molar-refractivity contribution in [3.63, 3.8) is 0 Å². The molecule has 0 fully saturated rings. The molecule has 18 heavy (non-hydrogen) atoms. The first-order chi connectivity index (χ1) is 8.77. The zero-order chi connectivity index (χ0) is 12.8. The van der Waals surface area contributed by atoms with Gasteiger partial charge in [-0.2, -0.15) is 0 Å². The smallest absolute Gasteiger partial charge is 0.103 e. The van der Waals surface area contributed by atoms with E-state index in [1.54, 1.807) is 0 Å². The number of alkyl halides is 2. The summed E-state index contributed by atoms with van der Waals surface area (Å²) in [6.45, 7) is 1.83. The van der Waals surface area contributed by atoms with E-state index < -0.39 is 0 Å². The van der Waals surface area contributed by atoms with Gasteiger partial charge in [0.2, 0.25) is 0 Å². The Morgan fingerprint density at radius 1 is 0.778 bits per heavy atom. The summed E-state index contributed by atoms with van der Waals surface area (Å²) in [6.07, 6.45) is 21.1. The van der Waals surface area contributed by atoms with Crippen LogP contribution in [0.15, 0.2) is 61.0 Å². The molecule has 0 amide bonds.